The van der Waals surface area contributed by atoms with Crippen molar-refractivity contribution in [2.75, 3.05) is 26.7 Å². The third-order valence-electron chi connectivity index (χ3n) is 5.05. The van der Waals surface area contributed by atoms with Crippen molar-refractivity contribution in [3.63, 3.8) is 0 Å². The van der Waals surface area contributed by atoms with Crippen molar-refractivity contribution < 1.29 is 9.53 Å². The smallest absolute Gasteiger partial charge is 0.310 e. The number of esters is 1. The van der Waals surface area contributed by atoms with Crippen molar-refractivity contribution in [1.82, 2.24) is 15.5 Å². The fraction of sp³-hybridized carbons (Fsp3) is 0.619. The van der Waals surface area contributed by atoms with Gasteiger partial charge in [0.1, 0.15) is 0 Å². The van der Waals surface area contributed by atoms with E-state index in [4.69, 9.17) is 4.74 Å². The summed E-state index contributed by atoms with van der Waals surface area (Å²) < 4.78 is 4.77. The molecular formula is C21H34N4O2. The van der Waals surface area contributed by atoms with Crippen molar-refractivity contribution in [1.29, 1.82) is 0 Å². The molecule has 1 aromatic rings. The number of nitrogens with zero attached hydrogens (tertiary/aromatic N) is 2. The van der Waals surface area contributed by atoms with E-state index in [1.807, 2.05) is 13.8 Å². The van der Waals surface area contributed by atoms with Gasteiger partial charge >= 0.3 is 5.97 Å². The summed E-state index contributed by atoms with van der Waals surface area (Å²) in [4.78, 5) is 18.7. The molecule has 0 amide bonds. The van der Waals surface area contributed by atoms with Gasteiger partial charge in [-0.05, 0) is 32.3 Å². The molecule has 1 aliphatic rings. The molecule has 1 saturated heterocycles. The number of ether oxygens (including phenoxy) is 1. The largest absolute Gasteiger partial charge is 0.469 e. The van der Waals surface area contributed by atoms with Crippen LogP contribution >= 0.6 is 0 Å². The maximum absolute atomic E-state index is 11.6. The highest BCUT2D eigenvalue weighted by molar-refractivity contribution is 5.80. The molecule has 27 heavy (non-hydrogen) atoms. The second-order valence-corrected chi connectivity index (χ2v) is 7.31. The highest BCUT2D eigenvalue weighted by Gasteiger charge is 2.26. The molecule has 0 saturated carbocycles. The minimum atomic E-state index is -0.239. The summed E-state index contributed by atoms with van der Waals surface area (Å²) in [5.41, 5.74) is 1.36. The maximum Gasteiger partial charge on any atom is 0.310 e. The summed E-state index contributed by atoms with van der Waals surface area (Å²) in [6.07, 6.45) is 2.15. The Morgan fingerprint density at radius 2 is 2.11 bits per heavy atom. The van der Waals surface area contributed by atoms with Gasteiger partial charge in [0.25, 0.3) is 0 Å². The van der Waals surface area contributed by atoms with Gasteiger partial charge in [0.05, 0.1) is 19.6 Å². The van der Waals surface area contributed by atoms with Crippen molar-refractivity contribution in [3.8, 4) is 0 Å². The average Bonchev–Trinajstić information content (AvgIpc) is 2.68. The molecule has 6 heteroatoms. The van der Waals surface area contributed by atoms with E-state index in [1.54, 1.807) is 0 Å². The van der Waals surface area contributed by atoms with Crippen LogP contribution in [0.3, 0.4) is 0 Å². The van der Waals surface area contributed by atoms with Gasteiger partial charge in [0.15, 0.2) is 5.96 Å². The fourth-order valence-corrected chi connectivity index (χ4v) is 3.42. The van der Waals surface area contributed by atoms with Crippen LogP contribution < -0.4 is 10.6 Å². The Hall–Kier alpha value is -2.08. The Bertz CT molecular complexity index is 605. The number of piperidine rings is 1. The first-order chi connectivity index (χ1) is 13.0. The number of rotatable bonds is 7. The predicted molar refractivity (Wildman–Crippen MR) is 110 cm³/mol. The summed E-state index contributed by atoms with van der Waals surface area (Å²) in [6, 6.07) is 11.5. The molecule has 0 radical (unpaired) electrons. The Kier molecular flexibility index (Phi) is 8.58. The molecule has 1 aromatic carbocycles. The zero-order valence-electron chi connectivity index (χ0n) is 17.1. The highest BCUT2D eigenvalue weighted by atomic mass is 16.5. The molecule has 0 bridgehead atoms. The van der Waals surface area contributed by atoms with E-state index in [0.717, 1.165) is 38.4 Å². The van der Waals surface area contributed by atoms with Gasteiger partial charge < -0.3 is 15.4 Å². The molecule has 1 heterocycles. The second-order valence-electron chi connectivity index (χ2n) is 7.31. The van der Waals surface area contributed by atoms with Crippen molar-refractivity contribution in [3.05, 3.63) is 35.9 Å². The van der Waals surface area contributed by atoms with Gasteiger partial charge in [-0.25, -0.2) is 0 Å². The number of carbonyl (C=O) groups is 1. The van der Waals surface area contributed by atoms with E-state index in [2.05, 4.69) is 57.8 Å². The fourth-order valence-electron chi connectivity index (χ4n) is 3.42. The number of carbonyl (C=O) groups excluding carboxylic acids is 1. The van der Waals surface area contributed by atoms with Gasteiger partial charge in [-0.1, -0.05) is 37.3 Å². The number of hydrogen-bond donors (Lipinski definition) is 2. The third-order valence-corrected chi connectivity index (χ3v) is 5.05. The first-order valence-corrected chi connectivity index (χ1v) is 9.94. The number of methoxy groups -OCH3 is 1. The standard InChI is InChI=1S/C21H34N4O2/c1-5-22-21(23-14-16(2)20(26)27-4)24-19-11-12-25(17(3)13-19)15-18-9-7-6-8-10-18/h6-10,16-17,19H,5,11-15H2,1-4H3,(H2,22,23,24). The normalized spacial score (nSPS) is 22.1. The van der Waals surface area contributed by atoms with E-state index >= 15 is 0 Å². The summed E-state index contributed by atoms with van der Waals surface area (Å²) >= 11 is 0. The first-order valence-electron chi connectivity index (χ1n) is 9.94. The monoisotopic (exact) mass is 374 g/mol. The molecule has 1 aliphatic heterocycles. The lowest BCUT2D eigenvalue weighted by Crippen LogP contribution is -2.51. The Morgan fingerprint density at radius 3 is 2.74 bits per heavy atom. The molecule has 6 nitrogen and oxygen atoms in total. The first kappa shape index (κ1) is 21.2. The third kappa shape index (κ3) is 6.86. The topological polar surface area (TPSA) is 66.0 Å². The summed E-state index contributed by atoms with van der Waals surface area (Å²) in [6.45, 7) is 9.45. The molecule has 3 atom stereocenters. The van der Waals surface area contributed by atoms with Crippen molar-refractivity contribution in [2.24, 2.45) is 10.9 Å². The molecule has 0 aromatic heterocycles. The van der Waals surface area contributed by atoms with E-state index in [-0.39, 0.29) is 11.9 Å². The molecule has 1 fully saturated rings. The van der Waals surface area contributed by atoms with E-state index < -0.39 is 0 Å². The van der Waals surface area contributed by atoms with Gasteiger partial charge in [-0.15, -0.1) is 0 Å². The van der Waals surface area contributed by atoms with Crippen LogP contribution in [0.5, 0.6) is 0 Å². The summed E-state index contributed by atoms with van der Waals surface area (Å²) in [5.74, 6) is 0.316. The number of aliphatic imine (C=N–C) groups is 1. The second kappa shape index (κ2) is 10.9. The lowest BCUT2D eigenvalue weighted by Gasteiger charge is -2.38. The van der Waals surface area contributed by atoms with Crippen LogP contribution in [-0.4, -0.2) is 55.7 Å². The van der Waals surface area contributed by atoms with E-state index in [0.29, 0.717) is 18.6 Å². The van der Waals surface area contributed by atoms with Gasteiger partial charge in [-0.2, -0.15) is 0 Å². The highest BCUT2D eigenvalue weighted by Crippen LogP contribution is 2.20. The summed E-state index contributed by atoms with van der Waals surface area (Å²) in [7, 11) is 1.41. The molecule has 150 valence electrons. The van der Waals surface area contributed by atoms with Gasteiger partial charge in [0, 0.05) is 31.7 Å². The number of hydrogen-bond acceptors (Lipinski definition) is 4. The van der Waals surface area contributed by atoms with Crippen LogP contribution in [0.4, 0.5) is 0 Å². The molecular weight excluding hydrogens is 340 g/mol. The lowest BCUT2D eigenvalue weighted by atomic mass is 9.97. The van der Waals surface area contributed by atoms with E-state index in [9.17, 15) is 4.79 Å². The Morgan fingerprint density at radius 1 is 1.37 bits per heavy atom. The Balaban J connectivity index is 1.87. The zero-order chi connectivity index (χ0) is 19.6. The lowest BCUT2D eigenvalue weighted by molar-refractivity contribution is -0.144. The molecule has 2 N–H and O–H groups in total. The molecule has 0 spiro atoms. The minimum Gasteiger partial charge on any atom is -0.469 e. The van der Waals surface area contributed by atoms with Crippen LogP contribution in [0.25, 0.3) is 0 Å². The van der Waals surface area contributed by atoms with E-state index in [1.165, 1.54) is 12.7 Å². The summed E-state index contributed by atoms with van der Waals surface area (Å²) in [5, 5.41) is 6.83. The number of likely N-dealkylation sites (tertiary alicyclic amines) is 1. The minimum absolute atomic E-state index is 0.225. The van der Waals surface area contributed by atoms with Crippen LogP contribution in [0.15, 0.2) is 35.3 Å². The van der Waals surface area contributed by atoms with Gasteiger partial charge in [-0.3, -0.25) is 14.7 Å². The molecule has 3 unspecified atom stereocenters. The molecule has 0 aliphatic carbocycles. The van der Waals surface area contributed by atoms with Crippen molar-refractivity contribution >= 4 is 11.9 Å². The number of guanidine groups is 1. The van der Waals surface area contributed by atoms with Crippen molar-refractivity contribution in [2.45, 2.75) is 52.2 Å². The van der Waals surface area contributed by atoms with Crippen LogP contribution in [-0.2, 0) is 16.1 Å². The van der Waals surface area contributed by atoms with Crippen LogP contribution in [0, 0.1) is 5.92 Å². The average molecular weight is 375 g/mol. The quantitative estimate of drug-likeness (QED) is 0.436. The SMILES string of the molecule is CCNC(=NCC(C)C(=O)OC)NC1CCN(Cc2ccccc2)C(C)C1. The van der Waals surface area contributed by atoms with Crippen LogP contribution in [0.2, 0.25) is 0 Å². The number of benzene rings is 1. The zero-order valence-corrected chi connectivity index (χ0v) is 17.1. The molecule has 2 rings (SSSR count). The Labute approximate surface area is 163 Å². The van der Waals surface area contributed by atoms with Crippen LogP contribution in [0.1, 0.15) is 39.2 Å². The van der Waals surface area contributed by atoms with Gasteiger partial charge in [0.2, 0.25) is 0 Å². The maximum atomic E-state index is 11.6. The number of nitrogens with one attached hydrogen (secondary N) is 2. The predicted octanol–water partition coefficient (Wildman–Crippen LogP) is 2.40.